The fourth-order valence-corrected chi connectivity index (χ4v) is 2.12. The molecule has 2 nitrogen and oxygen atoms in total. The minimum atomic E-state index is 0.917. The SMILES string of the molecule is c1coc(-c2ccc(CCc3ccncc3)cc2)c1. The van der Waals surface area contributed by atoms with Gasteiger partial charge in [-0.25, -0.2) is 0 Å². The van der Waals surface area contributed by atoms with Gasteiger partial charge in [-0.15, -0.1) is 0 Å². The Bertz CT molecular complexity index is 612. The highest BCUT2D eigenvalue weighted by molar-refractivity contribution is 5.57. The zero-order valence-electron chi connectivity index (χ0n) is 10.6. The topological polar surface area (TPSA) is 26.0 Å². The van der Waals surface area contributed by atoms with Crippen molar-refractivity contribution < 1.29 is 4.42 Å². The highest BCUT2D eigenvalue weighted by Gasteiger charge is 2.00. The summed E-state index contributed by atoms with van der Waals surface area (Å²) in [4.78, 5) is 4.03. The van der Waals surface area contributed by atoms with Crippen molar-refractivity contribution in [1.29, 1.82) is 0 Å². The predicted molar refractivity (Wildman–Crippen MR) is 75.8 cm³/mol. The third-order valence-corrected chi connectivity index (χ3v) is 3.21. The van der Waals surface area contributed by atoms with Gasteiger partial charge in [-0.2, -0.15) is 0 Å². The highest BCUT2D eigenvalue weighted by Crippen LogP contribution is 2.20. The molecule has 0 radical (unpaired) electrons. The number of aryl methyl sites for hydroxylation is 2. The van der Waals surface area contributed by atoms with Crippen LogP contribution in [-0.4, -0.2) is 4.98 Å². The summed E-state index contributed by atoms with van der Waals surface area (Å²) in [6, 6.07) is 16.6. The lowest BCUT2D eigenvalue weighted by molar-refractivity contribution is 0.582. The number of furan rings is 1. The van der Waals surface area contributed by atoms with Gasteiger partial charge < -0.3 is 4.42 Å². The van der Waals surface area contributed by atoms with E-state index >= 15 is 0 Å². The fraction of sp³-hybridized carbons (Fsp3) is 0.118. The molecule has 0 aliphatic heterocycles. The summed E-state index contributed by atoms with van der Waals surface area (Å²) in [5.41, 5.74) is 3.79. The molecular weight excluding hydrogens is 234 g/mol. The quantitative estimate of drug-likeness (QED) is 0.695. The average molecular weight is 249 g/mol. The first-order valence-electron chi connectivity index (χ1n) is 6.43. The molecule has 0 atom stereocenters. The van der Waals surface area contributed by atoms with Gasteiger partial charge in [0.1, 0.15) is 5.76 Å². The van der Waals surface area contributed by atoms with E-state index in [1.165, 1.54) is 11.1 Å². The molecule has 0 unspecified atom stereocenters. The second-order valence-corrected chi connectivity index (χ2v) is 4.53. The fourth-order valence-electron chi connectivity index (χ4n) is 2.12. The molecular formula is C17H15NO. The monoisotopic (exact) mass is 249 g/mol. The normalized spacial score (nSPS) is 10.5. The Kier molecular flexibility index (Phi) is 3.41. The Hall–Kier alpha value is -2.35. The van der Waals surface area contributed by atoms with Gasteiger partial charge in [0.05, 0.1) is 6.26 Å². The molecule has 0 spiro atoms. The summed E-state index contributed by atoms with van der Waals surface area (Å²) in [5, 5.41) is 0. The number of aromatic nitrogens is 1. The van der Waals surface area contributed by atoms with Crippen molar-refractivity contribution in [2.75, 3.05) is 0 Å². The standard InChI is InChI=1S/C17H15NO/c1-2-17(19-13-1)16-7-5-14(6-8-16)3-4-15-9-11-18-12-10-15/h1-2,5-13H,3-4H2. The molecule has 0 saturated carbocycles. The molecule has 94 valence electrons. The van der Waals surface area contributed by atoms with Gasteiger partial charge in [0.25, 0.3) is 0 Å². The van der Waals surface area contributed by atoms with E-state index in [9.17, 15) is 0 Å². The van der Waals surface area contributed by atoms with Gasteiger partial charge in [-0.05, 0) is 48.2 Å². The second-order valence-electron chi connectivity index (χ2n) is 4.53. The van der Waals surface area contributed by atoms with Crippen molar-refractivity contribution in [3.63, 3.8) is 0 Å². The number of benzene rings is 1. The van der Waals surface area contributed by atoms with Crippen LogP contribution in [0.3, 0.4) is 0 Å². The molecule has 0 bridgehead atoms. The van der Waals surface area contributed by atoms with Gasteiger partial charge in [-0.3, -0.25) is 4.98 Å². The van der Waals surface area contributed by atoms with Crippen LogP contribution in [0.1, 0.15) is 11.1 Å². The number of pyridine rings is 1. The van der Waals surface area contributed by atoms with E-state index in [0.29, 0.717) is 0 Å². The summed E-state index contributed by atoms with van der Waals surface area (Å²) < 4.78 is 5.38. The smallest absolute Gasteiger partial charge is 0.133 e. The van der Waals surface area contributed by atoms with Crippen LogP contribution in [-0.2, 0) is 12.8 Å². The third-order valence-electron chi connectivity index (χ3n) is 3.21. The molecule has 2 aromatic heterocycles. The van der Waals surface area contributed by atoms with Crippen LogP contribution < -0.4 is 0 Å². The molecule has 19 heavy (non-hydrogen) atoms. The number of nitrogens with zero attached hydrogens (tertiary/aromatic N) is 1. The Morgan fingerprint density at radius 2 is 1.47 bits per heavy atom. The van der Waals surface area contributed by atoms with Gasteiger partial charge in [0, 0.05) is 18.0 Å². The van der Waals surface area contributed by atoms with Crippen molar-refractivity contribution in [1.82, 2.24) is 4.98 Å². The van der Waals surface area contributed by atoms with E-state index in [4.69, 9.17) is 4.42 Å². The predicted octanol–water partition coefficient (Wildman–Crippen LogP) is 4.13. The lowest BCUT2D eigenvalue weighted by Gasteiger charge is -2.03. The summed E-state index contributed by atoms with van der Waals surface area (Å²) in [6.07, 6.45) is 7.47. The first-order chi connectivity index (χ1) is 9.42. The Labute approximate surface area is 112 Å². The molecule has 2 heterocycles. The van der Waals surface area contributed by atoms with Crippen LogP contribution >= 0.6 is 0 Å². The van der Waals surface area contributed by atoms with Crippen molar-refractivity contribution in [3.8, 4) is 11.3 Å². The molecule has 0 amide bonds. The van der Waals surface area contributed by atoms with Crippen molar-refractivity contribution in [3.05, 3.63) is 78.3 Å². The van der Waals surface area contributed by atoms with Crippen LogP contribution in [0.15, 0.2) is 71.6 Å². The first-order valence-corrected chi connectivity index (χ1v) is 6.43. The Morgan fingerprint density at radius 3 is 2.11 bits per heavy atom. The second kappa shape index (κ2) is 5.53. The highest BCUT2D eigenvalue weighted by atomic mass is 16.3. The molecule has 0 aliphatic carbocycles. The molecule has 1 aromatic carbocycles. The summed E-state index contributed by atoms with van der Waals surface area (Å²) in [7, 11) is 0. The minimum Gasteiger partial charge on any atom is -0.464 e. The van der Waals surface area contributed by atoms with Crippen LogP contribution in [0.5, 0.6) is 0 Å². The van der Waals surface area contributed by atoms with Crippen molar-refractivity contribution in [2.45, 2.75) is 12.8 Å². The van der Waals surface area contributed by atoms with E-state index in [-0.39, 0.29) is 0 Å². The van der Waals surface area contributed by atoms with Crippen molar-refractivity contribution >= 4 is 0 Å². The summed E-state index contributed by atoms with van der Waals surface area (Å²) in [5.74, 6) is 0.917. The first kappa shape index (κ1) is 11.7. The maximum atomic E-state index is 5.38. The van der Waals surface area contributed by atoms with Gasteiger partial charge in [-0.1, -0.05) is 24.3 Å². The number of rotatable bonds is 4. The lowest BCUT2D eigenvalue weighted by atomic mass is 10.0. The van der Waals surface area contributed by atoms with E-state index in [2.05, 4.69) is 41.4 Å². The van der Waals surface area contributed by atoms with Crippen molar-refractivity contribution in [2.24, 2.45) is 0 Å². The molecule has 0 saturated heterocycles. The van der Waals surface area contributed by atoms with Gasteiger partial charge in [0.2, 0.25) is 0 Å². The molecule has 0 aliphatic rings. The zero-order valence-corrected chi connectivity index (χ0v) is 10.6. The minimum absolute atomic E-state index is 0.917. The molecule has 2 heteroatoms. The summed E-state index contributed by atoms with van der Waals surface area (Å²) >= 11 is 0. The maximum absolute atomic E-state index is 5.38. The molecule has 0 N–H and O–H groups in total. The zero-order chi connectivity index (χ0) is 12.9. The van der Waals surface area contributed by atoms with Crippen LogP contribution in [0, 0.1) is 0 Å². The van der Waals surface area contributed by atoms with E-state index in [0.717, 1.165) is 24.2 Å². The molecule has 3 aromatic rings. The number of hydrogen-bond donors (Lipinski definition) is 0. The number of hydrogen-bond acceptors (Lipinski definition) is 2. The van der Waals surface area contributed by atoms with E-state index < -0.39 is 0 Å². The van der Waals surface area contributed by atoms with Gasteiger partial charge >= 0.3 is 0 Å². The summed E-state index contributed by atoms with van der Waals surface area (Å²) in [6.45, 7) is 0. The maximum Gasteiger partial charge on any atom is 0.133 e. The van der Waals surface area contributed by atoms with Crippen LogP contribution in [0.4, 0.5) is 0 Å². The van der Waals surface area contributed by atoms with E-state index in [1.54, 1.807) is 6.26 Å². The average Bonchev–Trinajstić information content (AvgIpc) is 3.01. The Balaban J connectivity index is 1.67. The molecule has 3 rings (SSSR count). The third kappa shape index (κ3) is 2.91. The Morgan fingerprint density at radius 1 is 0.789 bits per heavy atom. The lowest BCUT2D eigenvalue weighted by Crippen LogP contribution is -1.91. The molecule has 0 fully saturated rings. The van der Waals surface area contributed by atoms with E-state index in [1.807, 2.05) is 24.5 Å². The van der Waals surface area contributed by atoms with Crippen LogP contribution in [0.2, 0.25) is 0 Å². The van der Waals surface area contributed by atoms with Crippen LogP contribution in [0.25, 0.3) is 11.3 Å². The largest absolute Gasteiger partial charge is 0.464 e. The van der Waals surface area contributed by atoms with Gasteiger partial charge in [0.15, 0.2) is 0 Å².